The minimum absolute atomic E-state index is 0.149. The van der Waals surface area contributed by atoms with Gasteiger partial charge in [0.25, 0.3) is 0 Å². The number of ether oxygens (including phenoxy) is 1. The van der Waals surface area contributed by atoms with Gasteiger partial charge < -0.3 is 10.2 Å². The maximum atomic E-state index is 11.9. The van der Waals surface area contributed by atoms with Crippen LogP contribution in [0.2, 0.25) is 0 Å². The molecule has 0 radical (unpaired) electrons. The molecule has 14 heavy (non-hydrogen) atoms. The Labute approximate surface area is 80.8 Å². The topological polar surface area (TPSA) is 47.3 Å². The largest absolute Gasteiger partial charge is 0.435 e. The van der Waals surface area contributed by atoms with Gasteiger partial charge in [-0.25, -0.2) is 0 Å². The average molecular weight is 202 g/mol. The number of anilines is 1. The van der Waals surface area contributed by atoms with Crippen LogP contribution in [0.4, 0.5) is 14.5 Å². The summed E-state index contributed by atoms with van der Waals surface area (Å²) in [5.41, 5.74) is 4.04. The van der Waals surface area contributed by atoms with Crippen LogP contribution in [0, 0.1) is 0 Å². The van der Waals surface area contributed by atoms with Gasteiger partial charge in [0, 0.05) is 0 Å². The number of halogens is 2. The number of aryl methyl sites for hydroxylation is 1. The average Bonchev–Trinajstić information content (AvgIpc) is 2.16. The van der Waals surface area contributed by atoms with Gasteiger partial charge in [-0.2, -0.15) is 8.78 Å². The van der Waals surface area contributed by atoms with Crippen LogP contribution in [0.5, 0.6) is 5.75 Å². The third-order valence-electron chi connectivity index (χ3n) is 1.84. The molecule has 0 amide bonds. The Hall–Kier alpha value is -1.36. The first-order chi connectivity index (χ1) is 6.67. The Morgan fingerprint density at radius 2 is 2.21 bits per heavy atom. The maximum absolute atomic E-state index is 11.9. The smallest absolute Gasteiger partial charge is 0.387 e. The van der Waals surface area contributed by atoms with Gasteiger partial charge in [-0.3, -0.25) is 5.84 Å². The normalized spacial score (nSPS) is 10.4. The summed E-state index contributed by atoms with van der Waals surface area (Å²) < 4.78 is 28.0. The van der Waals surface area contributed by atoms with Crippen molar-refractivity contribution in [2.24, 2.45) is 5.84 Å². The van der Waals surface area contributed by atoms with Gasteiger partial charge in [0.1, 0.15) is 5.75 Å². The van der Waals surface area contributed by atoms with Crippen molar-refractivity contribution >= 4 is 5.69 Å². The van der Waals surface area contributed by atoms with E-state index in [-0.39, 0.29) is 5.75 Å². The van der Waals surface area contributed by atoms with Gasteiger partial charge in [0.15, 0.2) is 0 Å². The van der Waals surface area contributed by atoms with Crippen LogP contribution < -0.4 is 16.0 Å². The molecular weight excluding hydrogens is 190 g/mol. The monoisotopic (exact) mass is 202 g/mol. The van der Waals surface area contributed by atoms with Crippen molar-refractivity contribution in [1.82, 2.24) is 0 Å². The predicted octanol–water partition coefficient (Wildman–Crippen LogP) is 2.14. The van der Waals surface area contributed by atoms with Crippen molar-refractivity contribution in [3.05, 3.63) is 23.8 Å². The van der Waals surface area contributed by atoms with E-state index in [9.17, 15) is 8.78 Å². The second-order valence-corrected chi connectivity index (χ2v) is 2.70. The van der Waals surface area contributed by atoms with E-state index < -0.39 is 6.61 Å². The number of hydrogen-bond acceptors (Lipinski definition) is 3. The van der Waals surface area contributed by atoms with Crippen LogP contribution in [0.3, 0.4) is 0 Å². The Morgan fingerprint density at radius 1 is 1.50 bits per heavy atom. The highest BCUT2D eigenvalue weighted by molar-refractivity contribution is 5.53. The van der Waals surface area contributed by atoms with Crippen LogP contribution in [-0.4, -0.2) is 6.61 Å². The molecule has 0 fully saturated rings. The predicted molar refractivity (Wildman–Crippen MR) is 50.3 cm³/mol. The highest BCUT2D eigenvalue weighted by Gasteiger charge is 2.06. The summed E-state index contributed by atoms with van der Waals surface area (Å²) in [5, 5.41) is 0. The fraction of sp³-hybridized carbons (Fsp3) is 0.333. The van der Waals surface area contributed by atoms with E-state index in [4.69, 9.17) is 5.84 Å². The second-order valence-electron chi connectivity index (χ2n) is 2.70. The molecule has 1 aromatic rings. The van der Waals surface area contributed by atoms with E-state index in [1.54, 1.807) is 12.1 Å². The fourth-order valence-electron chi connectivity index (χ4n) is 1.18. The van der Waals surface area contributed by atoms with Crippen molar-refractivity contribution < 1.29 is 13.5 Å². The van der Waals surface area contributed by atoms with E-state index >= 15 is 0 Å². The molecule has 5 heteroatoms. The summed E-state index contributed by atoms with van der Waals surface area (Å²) in [5.74, 6) is 5.39. The summed E-state index contributed by atoms with van der Waals surface area (Å²) in [6.45, 7) is -0.890. The molecule has 0 saturated carbocycles. The molecule has 0 aromatic heterocycles. The van der Waals surface area contributed by atoms with Gasteiger partial charge >= 0.3 is 6.61 Å². The molecule has 0 spiro atoms. The molecular formula is C9H12F2N2O. The molecule has 3 N–H and O–H groups in total. The Balaban J connectivity index is 2.89. The van der Waals surface area contributed by atoms with Gasteiger partial charge in [0.2, 0.25) is 0 Å². The minimum Gasteiger partial charge on any atom is -0.435 e. The first-order valence-corrected chi connectivity index (χ1v) is 4.21. The third-order valence-corrected chi connectivity index (χ3v) is 1.84. The summed E-state index contributed by atoms with van der Waals surface area (Å²) >= 11 is 0. The van der Waals surface area contributed by atoms with E-state index in [1.807, 2.05) is 6.92 Å². The maximum Gasteiger partial charge on any atom is 0.387 e. The zero-order valence-electron chi connectivity index (χ0n) is 7.76. The van der Waals surface area contributed by atoms with Crippen molar-refractivity contribution in [2.45, 2.75) is 20.0 Å². The molecule has 0 heterocycles. The molecule has 0 bridgehead atoms. The van der Waals surface area contributed by atoms with Crippen LogP contribution in [0.25, 0.3) is 0 Å². The van der Waals surface area contributed by atoms with Gasteiger partial charge in [-0.15, -0.1) is 0 Å². The second kappa shape index (κ2) is 4.76. The summed E-state index contributed by atoms with van der Waals surface area (Å²) in [6, 6.07) is 4.60. The lowest BCUT2D eigenvalue weighted by molar-refractivity contribution is -0.0498. The number of benzene rings is 1. The van der Waals surface area contributed by atoms with Crippen molar-refractivity contribution in [2.75, 3.05) is 5.43 Å². The van der Waals surface area contributed by atoms with Gasteiger partial charge in [-0.05, 0) is 30.2 Å². The first kappa shape index (κ1) is 10.7. The molecule has 3 nitrogen and oxygen atoms in total. The lowest BCUT2D eigenvalue weighted by Crippen LogP contribution is -2.09. The number of alkyl halides is 2. The summed E-state index contributed by atoms with van der Waals surface area (Å²) in [4.78, 5) is 0. The molecule has 0 unspecified atom stereocenters. The Bertz CT molecular complexity index is 305. The third kappa shape index (κ3) is 2.56. The standard InChI is InChI=1S/C9H12F2N2O/c1-2-6-5-7(14-9(10)11)3-4-8(6)13-12/h3-5,9,13H,2,12H2,1H3. The molecule has 0 saturated heterocycles. The lowest BCUT2D eigenvalue weighted by atomic mass is 10.1. The summed E-state index contributed by atoms with van der Waals surface area (Å²) in [7, 11) is 0. The molecule has 0 aliphatic heterocycles. The SMILES string of the molecule is CCc1cc(OC(F)F)ccc1NN. The number of hydrazine groups is 1. The van der Waals surface area contributed by atoms with E-state index in [0.29, 0.717) is 12.1 Å². The Kier molecular flexibility index (Phi) is 3.64. The molecule has 1 rings (SSSR count). The van der Waals surface area contributed by atoms with Gasteiger partial charge in [-0.1, -0.05) is 6.92 Å². The Morgan fingerprint density at radius 3 is 2.71 bits per heavy atom. The van der Waals surface area contributed by atoms with Crippen LogP contribution in [0.15, 0.2) is 18.2 Å². The van der Waals surface area contributed by atoms with E-state index in [0.717, 1.165) is 5.56 Å². The van der Waals surface area contributed by atoms with Crippen molar-refractivity contribution in [3.8, 4) is 5.75 Å². The van der Waals surface area contributed by atoms with E-state index in [2.05, 4.69) is 10.2 Å². The first-order valence-electron chi connectivity index (χ1n) is 4.21. The molecule has 0 aliphatic carbocycles. The van der Waals surface area contributed by atoms with Crippen molar-refractivity contribution in [3.63, 3.8) is 0 Å². The quantitative estimate of drug-likeness (QED) is 0.580. The number of nitrogens with two attached hydrogens (primary N) is 1. The number of rotatable bonds is 4. The lowest BCUT2D eigenvalue weighted by Gasteiger charge is -2.10. The fourth-order valence-corrected chi connectivity index (χ4v) is 1.18. The highest BCUT2D eigenvalue weighted by Crippen LogP contribution is 2.23. The number of nitrogen functional groups attached to an aromatic ring is 1. The zero-order chi connectivity index (χ0) is 10.6. The van der Waals surface area contributed by atoms with Crippen LogP contribution >= 0.6 is 0 Å². The molecule has 78 valence electrons. The molecule has 0 aliphatic rings. The van der Waals surface area contributed by atoms with Crippen molar-refractivity contribution in [1.29, 1.82) is 0 Å². The molecule has 1 aromatic carbocycles. The van der Waals surface area contributed by atoms with Crippen LogP contribution in [-0.2, 0) is 6.42 Å². The summed E-state index contributed by atoms with van der Waals surface area (Å²) in [6.07, 6.45) is 0.694. The number of hydrogen-bond donors (Lipinski definition) is 2. The van der Waals surface area contributed by atoms with Gasteiger partial charge in [0.05, 0.1) is 5.69 Å². The molecule has 0 atom stereocenters. The highest BCUT2D eigenvalue weighted by atomic mass is 19.3. The zero-order valence-corrected chi connectivity index (χ0v) is 7.76. The minimum atomic E-state index is -2.80. The van der Waals surface area contributed by atoms with E-state index in [1.165, 1.54) is 6.07 Å². The van der Waals surface area contributed by atoms with Crippen LogP contribution in [0.1, 0.15) is 12.5 Å². The number of nitrogens with one attached hydrogen (secondary N) is 1.